The van der Waals surface area contributed by atoms with Gasteiger partial charge in [0.05, 0.1) is 10.6 Å². The molecule has 2 saturated heterocycles. The molecule has 0 aliphatic carbocycles. The number of aliphatic carboxylic acids is 2. The normalized spacial score (nSPS) is 24.0. The number of thioether (sulfide) groups is 2. The minimum atomic E-state index is -1.02. The summed E-state index contributed by atoms with van der Waals surface area (Å²) in [5, 5.41) is 22.1. The van der Waals surface area contributed by atoms with Gasteiger partial charge in [-0.3, -0.25) is 14.9 Å². The molecule has 4 atom stereocenters. The molecule has 0 radical (unpaired) electrons. The highest BCUT2D eigenvalue weighted by Crippen LogP contribution is 2.42. The molecule has 0 bridgehead atoms. The van der Waals surface area contributed by atoms with E-state index in [0.717, 1.165) is 17.1 Å². The Morgan fingerprint density at radius 2 is 1.83 bits per heavy atom. The second-order valence-corrected chi connectivity index (χ2v) is 10.6. The number of aryl methyl sites for hydroxylation is 1. The summed E-state index contributed by atoms with van der Waals surface area (Å²) in [5.74, 6) is -0.103. The summed E-state index contributed by atoms with van der Waals surface area (Å²) in [6, 6.07) is 7.09. The number of carboxylic acid groups (broad SMARTS) is 2. The number of nitrogens with one attached hydrogen (secondary N) is 1. The molecular weight excluding hydrogens is 424 g/mol. The smallest absolute Gasteiger partial charge is 0.326 e. The first-order valence-electron chi connectivity index (χ1n) is 10.2. The Morgan fingerprint density at radius 3 is 2.43 bits per heavy atom. The Bertz CT molecular complexity index is 757. The van der Waals surface area contributed by atoms with Gasteiger partial charge in [-0.1, -0.05) is 30.3 Å². The average molecular weight is 453 g/mol. The van der Waals surface area contributed by atoms with Crippen LogP contribution in [0.3, 0.4) is 0 Å². The molecule has 164 valence electrons. The van der Waals surface area contributed by atoms with Gasteiger partial charge in [-0.25, -0.2) is 4.79 Å². The Morgan fingerprint density at radius 1 is 1.17 bits per heavy atom. The molecule has 7 nitrogen and oxygen atoms in total. The van der Waals surface area contributed by atoms with Crippen LogP contribution in [0, 0.1) is 5.92 Å². The van der Waals surface area contributed by atoms with Crippen LogP contribution < -0.4 is 5.32 Å². The van der Waals surface area contributed by atoms with Gasteiger partial charge in [0, 0.05) is 24.0 Å². The quantitative estimate of drug-likeness (QED) is 0.523. The van der Waals surface area contributed by atoms with Crippen LogP contribution in [0.5, 0.6) is 0 Å². The van der Waals surface area contributed by atoms with Crippen LogP contribution in [0.15, 0.2) is 30.3 Å². The number of carboxylic acids is 2. The van der Waals surface area contributed by atoms with Crippen LogP contribution in [0.25, 0.3) is 0 Å². The van der Waals surface area contributed by atoms with E-state index in [1.165, 1.54) is 4.90 Å². The zero-order chi connectivity index (χ0) is 21.7. The summed E-state index contributed by atoms with van der Waals surface area (Å²) in [6.07, 6.45) is 1.37. The standard InChI is InChI=1S/C21H28N2O5S2/c1-13(22-16(19(25)26)8-7-14-5-3-2-4-6-14)18(24)23-12-15(11-17(23)20(27)28)21-29-9-10-30-21/h2-6,13,15-17,21-22H,7-12H2,1H3,(H,25,26)(H,27,28)/t13-,15?,16?,17-/m0/s1. The lowest BCUT2D eigenvalue weighted by Crippen LogP contribution is -2.53. The number of hydrogen-bond donors (Lipinski definition) is 3. The Balaban J connectivity index is 1.61. The maximum absolute atomic E-state index is 13.0. The van der Waals surface area contributed by atoms with E-state index in [9.17, 15) is 24.6 Å². The number of amides is 1. The monoisotopic (exact) mass is 452 g/mol. The molecule has 3 N–H and O–H groups in total. The molecule has 0 aromatic heterocycles. The van der Waals surface area contributed by atoms with Crippen LogP contribution in [0.4, 0.5) is 0 Å². The van der Waals surface area contributed by atoms with E-state index in [0.29, 0.717) is 30.4 Å². The average Bonchev–Trinajstić information content (AvgIpc) is 3.40. The van der Waals surface area contributed by atoms with E-state index >= 15 is 0 Å². The predicted octanol–water partition coefficient (Wildman–Crippen LogP) is 2.16. The van der Waals surface area contributed by atoms with Crippen molar-refractivity contribution in [2.75, 3.05) is 18.1 Å². The van der Waals surface area contributed by atoms with Crippen molar-refractivity contribution in [3.8, 4) is 0 Å². The van der Waals surface area contributed by atoms with Crippen LogP contribution in [-0.2, 0) is 20.8 Å². The lowest BCUT2D eigenvalue weighted by atomic mass is 10.0. The summed E-state index contributed by atoms with van der Waals surface area (Å²) >= 11 is 3.67. The highest BCUT2D eigenvalue weighted by atomic mass is 32.2. The summed E-state index contributed by atoms with van der Waals surface area (Å²) in [4.78, 5) is 38.0. The molecule has 2 fully saturated rings. The molecule has 30 heavy (non-hydrogen) atoms. The lowest BCUT2D eigenvalue weighted by molar-refractivity contribution is -0.149. The highest BCUT2D eigenvalue weighted by Gasteiger charge is 2.44. The molecule has 1 aromatic rings. The molecule has 9 heteroatoms. The molecular formula is C21H28N2O5S2. The van der Waals surface area contributed by atoms with E-state index in [4.69, 9.17) is 0 Å². The minimum Gasteiger partial charge on any atom is -0.480 e. The fraction of sp³-hybridized carbons (Fsp3) is 0.571. The predicted molar refractivity (Wildman–Crippen MR) is 119 cm³/mol. The molecule has 1 aromatic carbocycles. The Hall–Kier alpha value is -1.71. The number of hydrogen-bond acceptors (Lipinski definition) is 6. The summed E-state index contributed by atoms with van der Waals surface area (Å²) < 4.78 is 0.325. The fourth-order valence-corrected chi connectivity index (χ4v) is 7.18. The molecule has 3 rings (SSSR count). The first kappa shape index (κ1) is 23.0. The van der Waals surface area contributed by atoms with Crippen molar-refractivity contribution in [3.63, 3.8) is 0 Å². The third-order valence-corrected chi connectivity index (χ3v) is 9.00. The summed E-state index contributed by atoms with van der Waals surface area (Å²) in [5.41, 5.74) is 1.03. The largest absolute Gasteiger partial charge is 0.480 e. The van der Waals surface area contributed by atoms with Crippen molar-refractivity contribution >= 4 is 41.4 Å². The van der Waals surface area contributed by atoms with Gasteiger partial charge in [-0.2, -0.15) is 0 Å². The van der Waals surface area contributed by atoms with Crippen LogP contribution in [-0.4, -0.2) is 73.7 Å². The van der Waals surface area contributed by atoms with Gasteiger partial charge in [0.15, 0.2) is 0 Å². The maximum atomic E-state index is 13.0. The van der Waals surface area contributed by atoms with Gasteiger partial charge in [-0.15, -0.1) is 23.5 Å². The highest BCUT2D eigenvalue weighted by molar-refractivity contribution is 8.20. The number of rotatable bonds is 9. The molecule has 0 saturated carbocycles. The Kier molecular flexibility index (Phi) is 8.07. The molecule has 0 spiro atoms. The fourth-order valence-electron chi connectivity index (χ4n) is 4.05. The van der Waals surface area contributed by atoms with Gasteiger partial charge in [0.1, 0.15) is 12.1 Å². The zero-order valence-electron chi connectivity index (χ0n) is 16.9. The van der Waals surface area contributed by atoms with E-state index in [1.807, 2.05) is 53.9 Å². The number of carbonyl (C=O) groups is 3. The van der Waals surface area contributed by atoms with Crippen LogP contribution in [0.2, 0.25) is 0 Å². The molecule has 2 aliphatic heterocycles. The second-order valence-electron chi connectivity index (χ2n) is 7.75. The molecule has 2 unspecified atom stereocenters. The van der Waals surface area contributed by atoms with Gasteiger partial charge in [0.25, 0.3) is 0 Å². The third kappa shape index (κ3) is 5.70. The van der Waals surface area contributed by atoms with E-state index in [1.54, 1.807) is 6.92 Å². The van der Waals surface area contributed by atoms with Crippen molar-refractivity contribution in [1.82, 2.24) is 10.2 Å². The number of likely N-dealkylation sites (tertiary alicyclic amines) is 1. The van der Waals surface area contributed by atoms with E-state index < -0.39 is 30.1 Å². The van der Waals surface area contributed by atoms with Gasteiger partial charge >= 0.3 is 11.9 Å². The zero-order valence-corrected chi connectivity index (χ0v) is 18.5. The maximum Gasteiger partial charge on any atom is 0.326 e. The molecule has 2 heterocycles. The molecule has 2 aliphatic rings. The first-order valence-corrected chi connectivity index (χ1v) is 12.3. The Labute approximate surface area is 185 Å². The van der Waals surface area contributed by atoms with Crippen molar-refractivity contribution in [3.05, 3.63) is 35.9 Å². The molecule has 1 amide bonds. The van der Waals surface area contributed by atoms with Crippen LogP contribution >= 0.6 is 23.5 Å². The van der Waals surface area contributed by atoms with Crippen molar-refractivity contribution in [2.24, 2.45) is 5.92 Å². The van der Waals surface area contributed by atoms with Crippen LogP contribution in [0.1, 0.15) is 25.3 Å². The number of carbonyl (C=O) groups excluding carboxylic acids is 1. The number of nitrogens with zero attached hydrogens (tertiary/aromatic N) is 1. The van der Waals surface area contributed by atoms with E-state index in [2.05, 4.69) is 5.32 Å². The SMILES string of the molecule is C[C@H](NC(CCc1ccccc1)C(=O)O)C(=O)N1CC(C2SCCS2)C[C@H]1C(=O)O. The minimum absolute atomic E-state index is 0.146. The lowest BCUT2D eigenvalue weighted by Gasteiger charge is -2.27. The van der Waals surface area contributed by atoms with Gasteiger partial charge in [-0.05, 0) is 31.7 Å². The summed E-state index contributed by atoms with van der Waals surface area (Å²) in [7, 11) is 0. The van der Waals surface area contributed by atoms with Gasteiger partial charge in [0.2, 0.25) is 5.91 Å². The number of benzene rings is 1. The topological polar surface area (TPSA) is 107 Å². The van der Waals surface area contributed by atoms with Crippen molar-refractivity contribution in [2.45, 2.75) is 48.9 Å². The second kappa shape index (κ2) is 10.5. The third-order valence-electron chi connectivity index (χ3n) is 5.62. The van der Waals surface area contributed by atoms with Crippen molar-refractivity contribution < 1.29 is 24.6 Å². The first-order chi connectivity index (χ1) is 14.4. The van der Waals surface area contributed by atoms with E-state index in [-0.39, 0.29) is 11.8 Å². The van der Waals surface area contributed by atoms with Gasteiger partial charge < -0.3 is 15.1 Å². The summed E-state index contributed by atoms with van der Waals surface area (Å²) in [6.45, 7) is 2.03. The van der Waals surface area contributed by atoms with Crippen molar-refractivity contribution in [1.29, 1.82) is 0 Å².